The highest BCUT2D eigenvalue weighted by Gasteiger charge is 2.20. The minimum Gasteiger partial charge on any atom is -0.466 e. The lowest BCUT2D eigenvalue weighted by molar-refractivity contribution is -0.143. The molecular formula is C65H123NO5. The molecule has 3 N–H and O–H groups in total. The van der Waals surface area contributed by atoms with E-state index in [9.17, 15) is 19.8 Å². The van der Waals surface area contributed by atoms with Crippen molar-refractivity contribution in [2.75, 3.05) is 13.2 Å². The van der Waals surface area contributed by atoms with Gasteiger partial charge in [0.25, 0.3) is 0 Å². The molecule has 0 saturated carbocycles. The van der Waals surface area contributed by atoms with Gasteiger partial charge in [-0.05, 0) is 83.5 Å². The number of carbonyl (C=O) groups is 2. The molecule has 0 radical (unpaired) electrons. The van der Waals surface area contributed by atoms with Gasteiger partial charge in [0.15, 0.2) is 0 Å². The summed E-state index contributed by atoms with van der Waals surface area (Å²) in [5, 5.41) is 23.4. The second-order valence-corrected chi connectivity index (χ2v) is 21.7. The SMILES string of the molecule is CCCCC/C=C\C/C=C\CCCCCCCC(=O)OCCCCCC/C=C\CCCCCCCCCC(=O)NC(CO)C(O)CCCCCCCCCCCCCCCCCCCCCCCCCC. The van der Waals surface area contributed by atoms with Gasteiger partial charge >= 0.3 is 5.97 Å². The standard InChI is InChI=1S/C65H123NO5/c1-3-5-7-9-11-13-15-17-19-20-21-22-23-24-25-26-27-30-33-37-41-45-49-53-57-63(68)62(61-67)66-64(69)58-54-50-46-42-38-34-31-28-32-36-40-44-48-52-56-60-71-65(70)59-55-51-47-43-39-35-29-18-16-14-12-10-8-6-4-2/h12,14,18,29,32,36,62-63,67-68H,3-11,13,15-17,19-28,30-31,33-35,37-61H2,1-2H3,(H,66,69)/b14-12-,29-18-,36-32-. The Balaban J connectivity index is 3.47. The number of esters is 1. The van der Waals surface area contributed by atoms with E-state index in [1.807, 2.05) is 0 Å². The fraction of sp³-hybridized carbons (Fsp3) is 0.877. The van der Waals surface area contributed by atoms with Gasteiger partial charge in [0.2, 0.25) is 5.91 Å². The van der Waals surface area contributed by atoms with Crippen LogP contribution in [0.3, 0.4) is 0 Å². The molecule has 0 aliphatic carbocycles. The average Bonchev–Trinajstić information content (AvgIpc) is 3.37. The first-order valence-corrected chi connectivity index (χ1v) is 31.7. The Morgan fingerprint density at radius 2 is 0.704 bits per heavy atom. The zero-order valence-corrected chi connectivity index (χ0v) is 47.7. The van der Waals surface area contributed by atoms with Gasteiger partial charge in [0, 0.05) is 12.8 Å². The van der Waals surface area contributed by atoms with Gasteiger partial charge < -0.3 is 20.3 Å². The fourth-order valence-corrected chi connectivity index (χ4v) is 9.78. The summed E-state index contributed by atoms with van der Waals surface area (Å²) in [4.78, 5) is 24.6. The van der Waals surface area contributed by atoms with Crippen molar-refractivity contribution < 1.29 is 24.5 Å². The predicted octanol–water partition coefficient (Wildman–Crippen LogP) is 20.0. The quantitative estimate of drug-likeness (QED) is 0.0321. The Labute approximate surface area is 443 Å². The summed E-state index contributed by atoms with van der Waals surface area (Å²) in [6.45, 7) is 4.91. The van der Waals surface area contributed by atoms with Crippen molar-refractivity contribution in [3.8, 4) is 0 Å². The van der Waals surface area contributed by atoms with Crippen LogP contribution in [0, 0.1) is 0 Å². The molecule has 0 aromatic rings. The topological polar surface area (TPSA) is 95.9 Å². The Bertz CT molecular complexity index is 1150. The maximum absolute atomic E-state index is 12.5. The lowest BCUT2D eigenvalue weighted by atomic mass is 10.0. The zero-order valence-electron chi connectivity index (χ0n) is 47.7. The molecule has 6 heteroatoms. The van der Waals surface area contributed by atoms with Crippen LogP contribution in [0.5, 0.6) is 0 Å². The van der Waals surface area contributed by atoms with E-state index in [0.29, 0.717) is 25.9 Å². The molecule has 0 aromatic carbocycles. The van der Waals surface area contributed by atoms with Crippen LogP contribution >= 0.6 is 0 Å². The Morgan fingerprint density at radius 3 is 1.11 bits per heavy atom. The molecule has 0 spiro atoms. The van der Waals surface area contributed by atoms with E-state index in [2.05, 4.69) is 55.6 Å². The van der Waals surface area contributed by atoms with Crippen LogP contribution in [-0.2, 0) is 14.3 Å². The number of amides is 1. The van der Waals surface area contributed by atoms with Gasteiger partial charge in [0.05, 0.1) is 25.4 Å². The van der Waals surface area contributed by atoms with E-state index in [-0.39, 0.29) is 18.5 Å². The number of ether oxygens (including phenoxy) is 1. The molecule has 418 valence electrons. The fourth-order valence-electron chi connectivity index (χ4n) is 9.78. The highest BCUT2D eigenvalue weighted by atomic mass is 16.5. The predicted molar refractivity (Wildman–Crippen MR) is 310 cm³/mol. The summed E-state index contributed by atoms with van der Waals surface area (Å²) in [5.74, 6) is -0.0712. The molecule has 71 heavy (non-hydrogen) atoms. The molecule has 0 aliphatic heterocycles. The zero-order chi connectivity index (χ0) is 51.4. The van der Waals surface area contributed by atoms with Gasteiger partial charge in [-0.1, -0.05) is 281 Å². The lowest BCUT2D eigenvalue weighted by Gasteiger charge is -2.22. The van der Waals surface area contributed by atoms with Crippen molar-refractivity contribution in [3.05, 3.63) is 36.5 Å². The summed E-state index contributed by atoms with van der Waals surface area (Å²) in [6.07, 6.45) is 75.8. The van der Waals surface area contributed by atoms with E-state index in [1.54, 1.807) is 0 Å². The van der Waals surface area contributed by atoms with Gasteiger partial charge in [-0.2, -0.15) is 0 Å². The number of carbonyl (C=O) groups excluding carboxylic acids is 2. The van der Waals surface area contributed by atoms with Crippen molar-refractivity contribution in [3.63, 3.8) is 0 Å². The van der Waals surface area contributed by atoms with E-state index >= 15 is 0 Å². The van der Waals surface area contributed by atoms with Gasteiger partial charge in [-0.3, -0.25) is 9.59 Å². The molecule has 0 rings (SSSR count). The first-order chi connectivity index (χ1) is 35.0. The molecule has 0 heterocycles. The number of unbranched alkanes of at least 4 members (excludes halogenated alkanes) is 42. The largest absolute Gasteiger partial charge is 0.466 e. The normalized spacial score (nSPS) is 12.8. The summed E-state index contributed by atoms with van der Waals surface area (Å²) in [6, 6.07) is -0.555. The molecule has 0 fully saturated rings. The van der Waals surface area contributed by atoms with Crippen molar-refractivity contribution in [1.82, 2.24) is 5.32 Å². The van der Waals surface area contributed by atoms with E-state index in [0.717, 1.165) is 83.5 Å². The van der Waals surface area contributed by atoms with Gasteiger partial charge in [0.1, 0.15) is 0 Å². The molecule has 6 nitrogen and oxygen atoms in total. The Morgan fingerprint density at radius 1 is 0.394 bits per heavy atom. The molecule has 0 bridgehead atoms. The summed E-state index contributed by atoms with van der Waals surface area (Å²) >= 11 is 0. The Hall–Kier alpha value is -1.92. The second kappa shape index (κ2) is 60.6. The number of nitrogens with one attached hydrogen (secondary N) is 1. The van der Waals surface area contributed by atoms with Crippen molar-refractivity contribution in [1.29, 1.82) is 0 Å². The summed E-state index contributed by atoms with van der Waals surface area (Å²) in [7, 11) is 0. The highest BCUT2D eigenvalue weighted by Crippen LogP contribution is 2.18. The molecule has 0 aromatic heterocycles. The highest BCUT2D eigenvalue weighted by molar-refractivity contribution is 5.76. The van der Waals surface area contributed by atoms with E-state index < -0.39 is 12.1 Å². The van der Waals surface area contributed by atoms with Crippen LogP contribution in [0.15, 0.2) is 36.5 Å². The minimum atomic E-state index is -0.677. The van der Waals surface area contributed by atoms with Crippen molar-refractivity contribution >= 4 is 11.9 Å². The van der Waals surface area contributed by atoms with Crippen LogP contribution in [-0.4, -0.2) is 47.4 Å². The number of allylic oxidation sites excluding steroid dienone is 6. The van der Waals surface area contributed by atoms with Crippen LogP contribution < -0.4 is 5.32 Å². The van der Waals surface area contributed by atoms with Crippen LogP contribution in [0.25, 0.3) is 0 Å². The molecule has 0 saturated heterocycles. The monoisotopic (exact) mass is 998 g/mol. The van der Waals surface area contributed by atoms with Crippen LogP contribution in [0.1, 0.15) is 341 Å². The maximum atomic E-state index is 12.5. The van der Waals surface area contributed by atoms with Crippen LogP contribution in [0.2, 0.25) is 0 Å². The van der Waals surface area contributed by atoms with E-state index in [4.69, 9.17) is 4.74 Å². The number of hydrogen-bond acceptors (Lipinski definition) is 5. The molecule has 0 aliphatic rings. The molecule has 2 unspecified atom stereocenters. The van der Waals surface area contributed by atoms with Crippen molar-refractivity contribution in [2.24, 2.45) is 0 Å². The van der Waals surface area contributed by atoms with Crippen molar-refractivity contribution in [2.45, 2.75) is 353 Å². The number of aliphatic hydroxyl groups excluding tert-OH is 2. The maximum Gasteiger partial charge on any atom is 0.305 e. The number of hydrogen-bond donors (Lipinski definition) is 3. The van der Waals surface area contributed by atoms with Gasteiger partial charge in [-0.15, -0.1) is 0 Å². The summed E-state index contributed by atoms with van der Waals surface area (Å²) < 4.78 is 5.46. The minimum absolute atomic E-state index is 0.0234. The smallest absolute Gasteiger partial charge is 0.305 e. The molecular weight excluding hydrogens is 875 g/mol. The number of rotatable bonds is 59. The van der Waals surface area contributed by atoms with E-state index in [1.165, 1.54) is 225 Å². The average molecular weight is 999 g/mol. The molecule has 1 amide bonds. The first-order valence-electron chi connectivity index (χ1n) is 31.7. The third-order valence-corrected chi connectivity index (χ3v) is 14.7. The third-order valence-electron chi connectivity index (χ3n) is 14.7. The molecule has 2 atom stereocenters. The Kier molecular flexibility index (Phi) is 59.0. The van der Waals surface area contributed by atoms with Gasteiger partial charge in [-0.25, -0.2) is 0 Å². The summed E-state index contributed by atoms with van der Waals surface area (Å²) in [5.41, 5.74) is 0. The first kappa shape index (κ1) is 69.1. The van der Waals surface area contributed by atoms with Crippen LogP contribution in [0.4, 0.5) is 0 Å². The number of aliphatic hydroxyl groups is 2. The lowest BCUT2D eigenvalue weighted by Crippen LogP contribution is -2.45. The third kappa shape index (κ3) is 57.2. The second-order valence-electron chi connectivity index (χ2n) is 21.7.